The van der Waals surface area contributed by atoms with Crippen LogP contribution in [0.1, 0.15) is 0 Å². The lowest BCUT2D eigenvalue weighted by atomic mass is 10.3. The zero-order valence-corrected chi connectivity index (χ0v) is 7.71. The molecule has 78 valence electrons. The van der Waals surface area contributed by atoms with Crippen molar-refractivity contribution in [1.29, 1.82) is 0 Å². The number of aromatic nitrogens is 1. The van der Waals surface area contributed by atoms with Crippen molar-refractivity contribution in [1.82, 2.24) is 10.3 Å². The van der Waals surface area contributed by atoms with Crippen molar-refractivity contribution in [2.45, 2.75) is 0 Å². The first-order valence-electron chi connectivity index (χ1n) is 4.35. The Hall–Kier alpha value is -2.18. The zero-order chi connectivity index (χ0) is 10.8. The number of carbonyl (C=O) groups excluding carboxylic acids is 1. The first-order valence-corrected chi connectivity index (χ1v) is 4.35. The summed E-state index contributed by atoms with van der Waals surface area (Å²) in [6.45, 7) is 0.878. The number of anilines is 1. The molecule has 15 heavy (non-hydrogen) atoms. The maximum Gasteiger partial charge on any atom is 0.323 e. The minimum absolute atomic E-state index is 0.0949. The zero-order valence-electron chi connectivity index (χ0n) is 7.71. The molecule has 0 aromatic carbocycles. The van der Waals surface area contributed by atoms with Gasteiger partial charge in [0.05, 0.1) is 4.92 Å². The summed E-state index contributed by atoms with van der Waals surface area (Å²) in [6.07, 6.45) is 1.42. The molecular weight excluding hydrogens is 200 g/mol. The fourth-order valence-electron chi connectivity index (χ4n) is 1.41. The summed E-state index contributed by atoms with van der Waals surface area (Å²) in [5.41, 5.74) is -0.158. The van der Waals surface area contributed by atoms with Crippen LogP contribution in [-0.2, 0) is 0 Å². The summed E-state index contributed by atoms with van der Waals surface area (Å²) in [4.78, 5) is 26.6. The maximum atomic E-state index is 11.3. The fraction of sp³-hybridized carbons (Fsp3) is 0.250. The highest BCUT2D eigenvalue weighted by atomic mass is 16.6. The van der Waals surface area contributed by atoms with Gasteiger partial charge in [0.15, 0.2) is 0 Å². The third kappa shape index (κ3) is 1.58. The van der Waals surface area contributed by atoms with Crippen LogP contribution < -0.4 is 10.2 Å². The molecular formula is C8H8N4O3. The molecule has 0 spiro atoms. The van der Waals surface area contributed by atoms with Crippen LogP contribution in [0.3, 0.4) is 0 Å². The number of hydrogen-bond acceptors (Lipinski definition) is 4. The van der Waals surface area contributed by atoms with E-state index in [1.54, 1.807) is 0 Å². The molecule has 2 amide bonds. The highest BCUT2D eigenvalue weighted by molar-refractivity contribution is 5.94. The minimum atomic E-state index is -0.548. The van der Waals surface area contributed by atoms with Gasteiger partial charge in [-0.1, -0.05) is 0 Å². The van der Waals surface area contributed by atoms with Crippen molar-refractivity contribution < 1.29 is 9.72 Å². The van der Waals surface area contributed by atoms with E-state index in [1.807, 2.05) is 0 Å². The van der Waals surface area contributed by atoms with Gasteiger partial charge in [-0.15, -0.1) is 0 Å². The van der Waals surface area contributed by atoms with E-state index >= 15 is 0 Å². The van der Waals surface area contributed by atoms with Gasteiger partial charge in [0, 0.05) is 25.4 Å². The van der Waals surface area contributed by atoms with Crippen LogP contribution in [0.4, 0.5) is 16.3 Å². The number of nitrogens with one attached hydrogen (secondary N) is 1. The third-order valence-corrected chi connectivity index (χ3v) is 2.08. The Morgan fingerprint density at radius 3 is 3.00 bits per heavy atom. The van der Waals surface area contributed by atoms with E-state index in [0.717, 1.165) is 0 Å². The monoisotopic (exact) mass is 208 g/mol. The average molecular weight is 208 g/mol. The molecule has 1 saturated heterocycles. The molecule has 0 aliphatic carbocycles. The Labute approximate surface area is 84.9 Å². The quantitative estimate of drug-likeness (QED) is 0.566. The third-order valence-electron chi connectivity index (χ3n) is 2.08. The van der Waals surface area contributed by atoms with E-state index < -0.39 is 4.92 Å². The summed E-state index contributed by atoms with van der Waals surface area (Å²) in [7, 11) is 0. The molecule has 0 bridgehead atoms. The summed E-state index contributed by atoms with van der Waals surface area (Å²) in [5, 5.41) is 13.3. The SMILES string of the molecule is O=C1NCCN1c1ncccc1[N+](=O)[O-]. The van der Waals surface area contributed by atoms with Crippen LogP contribution in [0.25, 0.3) is 0 Å². The van der Waals surface area contributed by atoms with Gasteiger partial charge in [-0.2, -0.15) is 0 Å². The lowest BCUT2D eigenvalue weighted by Crippen LogP contribution is -2.29. The van der Waals surface area contributed by atoms with Gasteiger partial charge in [-0.25, -0.2) is 9.78 Å². The fourth-order valence-corrected chi connectivity index (χ4v) is 1.41. The first kappa shape index (κ1) is 9.38. The van der Waals surface area contributed by atoms with Crippen LogP contribution in [0.15, 0.2) is 18.3 Å². The van der Waals surface area contributed by atoms with Gasteiger partial charge in [0.1, 0.15) is 0 Å². The Kier molecular flexibility index (Phi) is 2.20. The topological polar surface area (TPSA) is 88.4 Å². The number of urea groups is 1. The molecule has 1 N–H and O–H groups in total. The number of pyridine rings is 1. The van der Waals surface area contributed by atoms with E-state index in [2.05, 4.69) is 10.3 Å². The van der Waals surface area contributed by atoms with Crippen molar-refractivity contribution in [2.75, 3.05) is 18.0 Å². The molecule has 2 rings (SSSR count). The van der Waals surface area contributed by atoms with Crippen LogP contribution >= 0.6 is 0 Å². The highest BCUT2D eigenvalue weighted by Gasteiger charge is 2.28. The Morgan fingerprint density at radius 2 is 2.40 bits per heavy atom. The van der Waals surface area contributed by atoms with Crippen molar-refractivity contribution >= 4 is 17.5 Å². The molecule has 1 fully saturated rings. The number of carbonyl (C=O) groups is 1. The molecule has 0 radical (unpaired) electrons. The standard InChI is InChI=1S/C8H8N4O3/c13-8-10-4-5-11(8)7-6(12(14)15)2-1-3-9-7/h1-3H,4-5H2,(H,10,13). The van der Waals surface area contributed by atoms with Crippen molar-refractivity contribution in [3.63, 3.8) is 0 Å². The summed E-state index contributed by atoms with van der Waals surface area (Å²) in [6, 6.07) is 2.44. The van der Waals surface area contributed by atoms with E-state index in [4.69, 9.17) is 0 Å². The Balaban J connectivity index is 2.42. The Morgan fingerprint density at radius 1 is 1.60 bits per heavy atom. The number of hydrogen-bond donors (Lipinski definition) is 1. The van der Waals surface area contributed by atoms with Crippen molar-refractivity contribution in [3.8, 4) is 0 Å². The van der Waals surface area contributed by atoms with Gasteiger partial charge >= 0.3 is 11.7 Å². The lowest BCUT2D eigenvalue weighted by Gasteiger charge is -2.11. The van der Waals surface area contributed by atoms with Crippen molar-refractivity contribution in [2.24, 2.45) is 0 Å². The first-order chi connectivity index (χ1) is 7.20. The summed E-state index contributed by atoms with van der Waals surface area (Å²) in [5.74, 6) is 0.0949. The molecule has 1 aliphatic rings. The predicted octanol–water partition coefficient (Wildman–Crippen LogP) is 0.519. The summed E-state index contributed by atoms with van der Waals surface area (Å²) >= 11 is 0. The normalized spacial score (nSPS) is 15.2. The molecule has 1 aromatic heterocycles. The van der Waals surface area contributed by atoms with E-state index in [1.165, 1.54) is 23.2 Å². The molecule has 7 heteroatoms. The van der Waals surface area contributed by atoms with Gasteiger partial charge in [-0.05, 0) is 6.07 Å². The second-order valence-corrected chi connectivity index (χ2v) is 2.99. The molecule has 2 heterocycles. The van der Waals surface area contributed by atoms with Crippen LogP contribution in [-0.4, -0.2) is 29.0 Å². The second kappa shape index (κ2) is 3.52. The van der Waals surface area contributed by atoms with E-state index in [-0.39, 0.29) is 17.5 Å². The van der Waals surface area contributed by atoms with Crippen LogP contribution in [0.5, 0.6) is 0 Å². The lowest BCUT2D eigenvalue weighted by molar-refractivity contribution is -0.384. The van der Waals surface area contributed by atoms with Crippen LogP contribution in [0, 0.1) is 10.1 Å². The average Bonchev–Trinajstić information content (AvgIpc) is 2.64. The second-order valence-electron chi connectivity index (χ2n) is 2.99. The summed E-state index contributed by atoms with van der Waals surface area (Å²) < 4.78 is 0. The maximum absolute atomic E-state index is 11.3. The molecule has 1 aromatic rings. The van der Waals surface area contributed by atoms with Gasteiger partial charge < -0.3 is 5.32 Å². The van der Waals surface area contributed by atoms with Crippen LogP contribution in [0.2, 0.25) is 0 Å². The smallest absolute Gasteiger partial charge is 0.323 e. The largest absolute Gasteiger partial charge is 0.336 e. The minimum Gasteiger partial charge on any atom is -0.336 e. The number of rotatable bonds is 2. The van der Waals surface area contributed by atoms with Gasteiger partial charge in [0.2, 0.25) is 5.82 Å². The predicted molar refractivity (Wildman–Crippen MR) is 51.6 cm³/mol. The number of amides is 2. The number of nitrogens with zero attached hydrogens (tertiary/aromatic N) is 3. The van der Waals surface area contributed by atoms with E-state index in [9.17, 15) is 14.9 Å². The molecule has 0 unspecified atom stereocenters. The van der Waals surface area contributed by atoms with Crippen molar-refractivity contribution in [3.05, 3.63) is 28.4 Å². The number of nitro groups is 1. The molecule has 1 aliphatic heterocycles. The highest BCUT2D eigenvalue weighted by Crippen LogP contribution is 2.25. The van der Waals surface area contributed by atoms with E-state index in [0.29, 0.717) is 13.1 Å². The molecule has 0 atom stereocenters. The Bertz CT molecular complexity index is 420. The molecule has 7 nitrogen and oxygen atoms in total. The molecule has 0 saturated carbocycles. The van der Waals surface area contributed by atoms with Gasteiger partial charge in [-0.3, -0.25) is 15.0 Å². The van der Waals surface area contributed by atoms with Gasteiger partial charge in [0.25, 0.3) is 0 Å².